The van der Waals surface area contributed by atoms with Crippen molar-refractivity contribution in [1.29, 1.82) is 0 Å². The van der Waals surface area contributed by atoms with Crippen LogP contribution in [0.15, 0.2) is 18.2 Å². The van der Waals surface area contributed by atoms with E-state index in [0.717, 1.165) is 30.4 Å². The Bertz CT molecular complexity index is 543. The Morgan fingerprint density at radius 1 is 1.05 bits per heavy atom. The second-order valence-electron chi connectivity index (χ2n) is 7.17. The van der Waals surface area contributed by atoms with Gasteiger partial charge in [-0.2, -0.15) is 0 Å². The maximum Gasteiger partial charge on any atom is 0.192 e. The Hall–Kier alpha value is -0.900. The molecule has 3 nitrogen and oxygen atoms in total. The van der Waals surface area contributed by atoms with Crippen LogP contribution < -0.4 is 0 Å². The fraction of sp³-hybridized carbons (Fsp3) is 0.667. The van der Waals surface area contributed by atoms with Gasteiger partial charge < -0.3 is 14.6 Å². The molecule has 0 amide bonds. The Morgan fingerprint density at radius 3 is 2.33 bits per heavy atom. The van der Waals surface area contributed by atoms with E-state index in [9.17, 15) is 5.11 Å². The molecule has 1 aliphatic carbocycles. The first-order chi connectivity index (χ1) is 9.81. The van der Waals surface area contributed by atoms with Crippen LogP contribution in [-0.2, 0) is 26.3 Å². The van der Waals surface area contributed by atoms with E-state index < -0.39 is 11.4 Å². The zero-order chi connectivity index (χ0) is 15.3. The number of aliphatic hydroxyl groups is 1. The van der Waals surface area contributed by atoms with E-state index in [0.29, 0.717) is 13.2 Å². The number of hydrogen-bond donors (Lipinski definition) is 1. The molecule has 1 saturated heterocycles. The predicted molar refractivity (Wildman–Crippen MR) is 82.1 cm³/mol. The summed E-state index contributed by atoms with van der Waals surface area (Å²) in [4.78, 5) is 0. The highest BCUT2D eigenvalue weighted by atomic mass is 16.7. The number of benzene rings is 1. The van der Waals surface area contributed by atoms with Crippen molar-refractivity contribution in [3.05, 3.63) is 34.9 Å². The molecule has 1 aliphatic heterocycles. The highest BCUT2D eigenvalue weighted by Gasteiger charge is 2.42. The van der Waals surface area contributed by atoms with Gasteiger partial charge >= 0.3 is 0 Å². The summed E-state index contributed by atoms with van der Waals surface area (Å²) in [5.41, 5.74) is 2.73. The first-order valence-corrected chi connectivity index (χ1v) is 7.97. The molecular formula is C18H26O3. The molecule has 3 rings (SSSR count). The molecule has 1 heterocycles. The Balaban J connectivity index is 2.11. The lowest BCUT2D eigenvalue weighted by Gasteiger charge is -2.43. The fourth-order valence-corrected chi connectivity index (χ4v) is 3.63. The third-order valence-electron chi connectivity index (χ3n) is 5.36. The summed E-state index contributed by atoms with van der Waals surface area (Å²) in [5.74, 6) is -0.646. The van der Waals surface area contributed by atoms with Crippen LogP contribution in [0.2, 0.25) is 0 Å². The van der Waals surface area contributed by atoms with E-state index >= 15 is 0 Å². The van der Waals surface area contributed by atoms with Crippen LogP contribution in [0, 0.1) is 0 Å². The average molecular weight is 290 g/mol. The molecule has 3 heteroatoms. The number of rotatable bonds is 2. The summed E-state index contributed by atoms with van der Waals surface area (Å²) >= 11 is 0. The summed E-state index contributed by atoms with van der Waals surface area (Å²) in [5, 5.41) is 10.9. The van der Waals surface area contributed by atoms with Gasteiger partial charge in [0.2, 0.25) is 0 Å². The van der Waals surface area contributed by atoms with Crippen LogP contribution >= 0.6 is 0 Å². The summed E-state index contributed by atoms with van der Waals surface area (Å²) in [6.45, 7) is 9.81. The van der Waals surface area contributed by atoms with Gasteiger partial charge in [0, 0.05) is 5.56 Å². The van der Waals surface area contributed by atoms with Gasteiger partial charge in [0.25, 0.3) is 0 Å². The molecule has 1 N–H and O–H groups in total. The molecule has 1 atom stereocenters. The molecule has 1 unspecified atom stereocenters. The largest absolute Gasteiger partial charge is 0.385 e. The SMILES string of the molecule is CCC1(O)CCC(C)(C)c2cc(C3(C)OCCO3)ccc21. The molecule has 0 bridgehead atoms. The van der Waals surface area contributed by atoms with Gasteiger partial charge in [-0.25, -0.2) is 0 Å². The molecule has 2 aliphatic rings. The van der Waals surface area contributed by atoms with Gasteiger partial charge in [-0.3, -0.25) is 0 Å². The minimum atomic E-state index is -0.693. The predicted octanol–water partition coefficient (Wildman–Crippen LogP) is 3.58. The Labute approximate surface area is 127 Å². The van der Waals surface area contributed by atoms with Gasteiger partial charge in [0.1, 0.15) is 0 Å². The van der Waals surface area contributed by atoms with E-state index in [1.54, 1.807) is 0 Å². The molecule has 1 fully saturated rings. The fourth-order valence-electron chi connectivity index (χ4n) is 3.63. The monoisotopic (exact) mass is 290 g/mol. The lowest BCUT2D eigenvalue weighted by atomic mass is 9.65. The molecule has 21 heavy (non-hydrogen) atoms. The van der Waals surface area contributed by atoms with Crippen molar-refractivity contribution in [1.82, 2.24) is 0 Å². The summed E-state index contributed by atoms with van der Waals surface area (Å²) < 4.78 is 11.6. The third kappa shape index (κ3) is 2.32. The highest BCUT2D eigenvalue weighted by Crippen LogP contribution is 2.47. The van der Waals surface area contributed by atoms with Gasteiger partial charge in [0.05, 0.1) is 18.8 Å². The van der Waals surface area contributed by atoms with Crippen molar-refractivity contribution in [2.45, 2.75) is 63.8 Å². The number of hydrogen-bond acceptors (Lipinski definition) is 3. The molecule has 1 aromatic carbocycles. The van der Waals surface area contributed by atoms with Crippen LogP contribution in [0.1, 0.15) is 63.6 Å². The van der Waals surface area contributed by atoms with Gasteiger partial charge in [-0.1, -0.05) is 32.9 Å². The van der Waals surface area contributed by atoms with E-state index in [2.05, 4.69) is 32.9 Å². The van der Waals surface area contributed by atoms with Crippen LogP contribution in [0.25, 0.3) is 0 Å². The molecule has 0 aromatic heterocycles. The third-order valence-corrected chi connectivity index (χ3v) is 5.36. The molecule has 0 radical (unpaired) electrons. The van der Waals surface area contributed by atoms with Crippen molar-refractivity contribution in [2.75, 3.05) is 13.2 Å². The van der Waals surface area contributed by atoms with E-state index in [1.807, 2.05) is 13.0 Å². The van der Waals surface area contributed by atoms with Crippen molar-refractivity contribution >= 4 is 0 Å². The van der Waals surface area contributed by atoms with Crippen LogP contribution in [0.5, 0.6) is 0 Å². The van der Waals surface area contributed by atoms with Crippen LogP contribution in [0.3, 0.4) is 0 Å². The Kier molecular flexibility index (Phi) is 3.43. The van der Waals surface area contributed by atoms with Crippen LogP contribution in [0.4, 0.5) is 0 Å². The van der Waals surface area contributed by atoms with Crippen molar-refractivity contribution in [2.24, 2.45) is 0 Å². The zero-order valence-corrected chi connectivity index (χ0v) is 13.5. The summed E-state index contributed by atoms with van der Waals surface area (Å²) in [6.07, 6.45) is 2.57. The maximum atomic E-state index is 10.9. The lowest BCUT2D eigenvalue weighted by Crippen LogP contribution is -2.38. The maximum absolute atomic E-state index is 10.9. The lowest BCUT2D eigenvalue weighted by molar-refractivity contribution is -0.149. The van der Waals surface area contributed by atoms with Gasteiger partial charge in [-0.15, -0.1) is 0 Å². The topological polar surface area (TPSA) is 38.7 Å². The van der Waals surface area contributed by atoms with Gasteiger partial charge in [-0.05, 0) is 48.8 Å². The first kappa shape index (κ1) is 15.0. The van der Waals surface area contributed by atoms with Crippen molar-refractivity contribution < 1.29 is 14.6 Å². The average Bonchev–Trinajstić information content (AvgIpc) is 2.91. The molecule has 0 saturated carbocycles. The van der Waals surface area contributed by atoms with Gasteiger partial charge in [0.15, 0.2) is 5.79 Å². The van der Waals surface area contributed by atoms with Crippen molar-refractivity contribution in [3.63, 3.8) is 0 Å². The van der Waals surface area contributed by atoms with E-state index in [-0.39, 0.29) is 5.41 Å². The molecule has 0 spiro atoms. The Morgan fingerprint density at radius 2 is 1.71 bits per heavy atom. The molecule has 116 valence electrons. The van der Waals surface area contributed by atoms with E-state index in [4.69, 9.17) is 9.47 Å². The summed E-state index contributed by atoms with van der Waals surface area (Å²) in [7, 11) is 0. The summed E-state index contributed by atoms with van der Waals surface area (Å²) in [6, 6.07) is 6.30. The van der Waals surface area contributed by atoms with E-state index in [1.165, 1.54) is 5.56 Å². The smallest absolute Gasteiger partial charge is 0.192 e. The zero-order valence-electron chi connectivity index (χ0n) is 13.5. The minimum Gasteiger partial charge on any atom is -0.385 e. The highest BCUT2D eigenvalue weighted by molar-refractivity contribution is 5.44. The minimum absolute atomic E-state index is 0.0711. The molecule has 1 aromatic rings. The second kappa shape index (κ2) is 4.80. The normalized spacial score (nSPS) is 30.1. The van der Waals surface area contributed by atoms with Crippen molar-refractivity contribution in [3.8, 4) is 0 Å². The van der Waals surface area contributed by atoms with Crippen LogP contribution in [-0.4, -0.2) is 18.3 Å². The number of ether oxygens (including phenoxy) is 2. The standard InChI is InChI=1S/C18H26O3/c1-5-18(19)9-8-16(2,3)15-12-13(6-7-14(15)18)17(4)20-10-11-21-17/h6-7,12,19H,5,8-11H2,1-4H3. The quantitative estimate of drug-likeness (QED) is 0.905. The second-order valence-corrected chi connectivity index (χ2v) is 7.17. The first-order valence-electron chi connectivity index (χ1n) is 7.97. The molecular weight excluding hydrogens is 264 g/mol. The number of fused-ring (bicyclic) bond motifs is 1.